The Morgan fingerprint density at radius 2 is 2.29 bits per heavy atom. The SMILES string of the molecule is CCn1nncc1NC1(CC)CCC1. The summed E-state index contributed by atoms with van der Waals surface area (Å²) in [6, 6.07) is 0. The number of hydrogen-bond donors (Lipinski definition) is 1. The second-order valence-corrected chi connectivity index (χ2v) is 4.05. The maximum absolute atomic E-state index is 4.02. The van der Waals surface area contributed by atoms with Gasteiger partial charge in [0.05, 0.1) is 6.20 Å². The Labute approximate surface area is 84.7 Å². The van der Waals surface area contributed by atoms with Gasteiger partial charge in [-0.1, -0.05) is 12.1 Å². The van der Waals surface area contributed by atoms with Gasteiger partial charge in [-0.2, -0.15) is 0 Å². The van der Waals surface area contributed by atoms with E-state index in [9.17, 15) is 0 Å². The van der Waals surface area contributed by atoms with Crippen LogP contribution in [0.25, 0.3) is 0 Å². The normalized spacial score (nSPS) is 19.0. The molecule has 4 nitrogen and oxygen atoms in total. The van der Waals surface area contributed by atoms with Crippen LogP contribution < -0.4 is 5.32 Å². The fourth-order valence-electron chi connectivity index (χ4n) is 2.03. The second-order valence-electron chi connectivity index (χ2n) is 4.05. The van der Waals surface area contributed by atoms with E-state index in [1.165, 1.54) is 25.7 Å². The first-order valence-corrected chi connectivity index (χ1v) is 5.46. The third kappa shape index (κ3) is 1.49. The summed E-state index contributed by atoms with van der Waals surface area (Å²) in [5.74, 6) is 1.06. The lowest BCUT2D eigenvalue weighted by Crippen LogP contribution is -2.44. The largest absolute Gasteiger partial charge is 0.364 e. The molecule has 0 aromatic carbocycles. The van der Waals surface area contributed by atoms with Gasteiger partial charge < -0.3 is 5.32 Å². The summed E-state index contributed by atoms with van der Waals surface area (Å²) >= 11 is 0. The van der Waals surface area contributed by atoms with Gasteiger partial charge in [-0.3, -0.25) is 0 Å². The van der Waals surface area contributed by atoms with Gasteiger partial charge in [0.15, 0.2) is 0 Å². The van der Waals surface area contributed by atoms with Crippen molar-refractivity contribution in [1.82, 2.24) is 15.0 Å². The predicted octanol–water partition coefficient (Wildman–Crippen LogP) is 2.04. The van der Waals surface area contributed by atoms with Crippen molar-refractivity contribution in [3.8, 4) is 0 Å². The molecule has 0 unspecified atom stereocenters. The van der Waals surface area contributed by atoms with Crippen LogP contribution >= 0.6 is 0 Å². The zero-order valence-corrected chi connectivity index (χ0v) is 8.95. The quantitative estimate of drug-likeness (QED) is 0.797. The minimum Gasteiger partial charge on any atom is -0.364 e. The van der Waals surface area contributed by atoms with E-state index in [0.29, 0.717) is 5.54 Å². The highest BCUT2D eigenvalue weighted by Gasteiger charge is 2.35. The van der Waals surface area contributed by atoms with Crippen LogP contribution in [-0.2, 0) is 6.54 Å². The highest BCUT2D eigenvalue weighted by Crippen LogP contribution is 2.37. The number of nitrogens with zero attached hydrogens (tertiary/aromatic N) is 3. The monoisotopic (exact) mass is 194 g/mol. The van der Waals surface area contributed by atoms with E-state index in [-0.39, 0.29) is 0 Å². The molecular weight excluding hydrogens is 176 g/mol. The van der Waals surface area contributed by atoms with E-state index in [2.05, 4.69) is 29.5 Å². The van der Waals surface area contributed by atoms with Crippen LogP contribution in [0.15, 0.2) is 6.20 Å². The van der Waals surface area contributed by atoms with Crippen LogP contribution in [-0.4, -0.2) is 20.5 Å². The third-order valence-electron chi connectivity index (χ3n) is 3.30. The van der Waals surface area contributed by atoms with E-state index in [0.717, 1.165) is 12.4 Å². The predicted molar refractivity (Wildman–Crippen MR) is 56.2 cm³/mol. The standard InChI is InChI=1S/C10H18N4/c1-3-10(6-5-7-10)12-9-8-11-13-14(9)4-2/h8,12H,3-7H2,1-2H3. The molecule has 0 saturated heterocycles. The molecular formula is C10H18N4. The molecule has 0 spiro atoms. The fraction of sp³-hybridized carbons (Fsp3) is 0.800. The first-order valence-electron chi connectivity index (χ1n) is 5.46. The molecule has 1 aromatic heterocycles. The van der Waals surface area contributed by atoms with Gasteiger partial charge in [-0.05, 0) is 32.6 Å². The summed E-state index contributed by atoms with van der Waals surface area (Å²) in [5, 5.41) is 11.5. The molecule has 1 aliphatic rings. The fourth-order valence-corrected chi connectivity index (χ4v) is 2.03. The van der Waals surface area contributed by atoms with Crippen molar-refractivity contribution < 1.29 is 0 Å². The molecule has 1 N–H and O–H groups in total. The first-order chi connectivity index (χ1) is 6.79. The molecule has 0 radical (unpaired) electrons. The number of aromatic nitrogens is 3. The molecule has 1 aromatic rings. The Morgan fingerprint density at radius 3 is 2.79 bits per heavy atom. The Balaban J connectivity index is 2.09. The summed E-state index contributed by atoms with van der Waals surface area (Å²) in [6.07, 6.45) is 6.90. The first kappa shape index (κ1) is 9.49. The zero-order valence-electron chi connectivity index (χ0n) is 8.95. The van der Waals surface area contributed by atoms with Gasteiger partial charge in [-0.15, -0.1) is 5.10 Å². The summed E-state index contributed by atoms with van der Waals surface area (Å²) in [5.41, 5.74) is 0.328. The molecule has 14 heavy (non-hydrogen) atoms. The second kappa shape index (κ2) is 3.59. The van der Waals surface area contributed by atoms with Crippen molar-refractivity contribution in [2.24, 2.45) is 0 Å². The van der Waals surface area contributed by atoms with E-state index in [1.807, 2.05) is 10.9 Å². The smallest absolute Gasteiger partial charge is 0.145 e. The summed E-state index contributed by atoms with van der Waals surface area (Å²) < 4.78 is 1.91. The molecule has 0 amide bonds. The third-order valence-corrected chi connectivity index (χ3v) is 3.30. The number of rotatable bonds is 4. The van der Waals surface area contributed by atoms with E-state index in [4.69, 9.17) is 0 Å². The molecule has 0 bridgehead atoms. The number of hydrogen-bond acceptors (Lipinski definition) is 3. The zero-order chi connectivity index (χ0) is 10.0. The van der Waals surface area contributed by atoms with Gasteiger partial charge in [0.25, 0.3) is 0 Å². The Hall–Kier alpha value is -1.06. The van der Waals surface area contributed by atoms with Crippen LogP contribution in [0.5, 0.6) is 0 Å². The lowest BCUT2D eigenvalue weighted by Gasteiger charge is -2.42. The van der Waals surface area contributed by atoms with Crippen LogP contribution in [0, 0.1) is 0 Å². The molecule has 1 fully saturated rings. The van der Waals surface area contributed by atoms with Crippen LogP contribution in [0.3, 0.4) is 0 Å². The van der Waals surface area contributed by atoms with Crippen LogP contribution in [0.1, 0.15) is 39.5 Å². The highest BCUT2D eigenvalue weighted by molar-refractivity contribution is 5.36. The molecule has 2 rings (SSSR count). The molecule has 1 aliphatic carbocycles. The van der Waals surface area contributed by atoms with Gasteiger partial charge in [0, 0.05) is 12.1 Å². The minimum atomic E-state index is 0.328. The Morgan fingerprint density at radius 1 is 1.50 bits per heavy atom. The van der Waals surface area contributed by atoms with E-state index < -0.39 is 0 Å². The van der Waals surface area contributed by atoms with Crippen molar-refractivity contribution in [3.05, 3.63) is 6.20 Å². The molecule has 4 heteroatoms. The maximum Gasteiger partial charge on any atom is 0.145 e. The molecule has 1 heterocycles. The van der Waals surface area contributed by atoms with Crippen molar-refractivity contribution in [3.63, 3.8) is 0 Å². The Bertz CT molecular complexity index is 295. The lowest BCUT2D eigenvalue weighted by molar-refractivity contribution is 0.267. The van der Waals surface area contributed by atoms with Crippen LogP contribution in [0.4, 0.5) is 5.82 Å². The molecule has 0 atom stereocenters. The Kier molecular flexibility index (Phi) is 2.44. The number of anilines is 1. The van der Waals surface area contributed by atoms with Crippen molar-refractivity contribution in [2.75, 3.05) is 5.32 Å². The highest BCUT2D eigenvalue weighted by atomic mass is 15.5. The average Bonchev–Trinajstić information content (AvgIpc) is 2.58. The van der Waals surface area contributed by atoms with E-state index >= 15 is 0 Å². The number of nitrogens with one attached hydrogen (secondary N) is 1. The van der Waals surface area contributed by atoms with E-state index in [1.54, 1.807) is 0 Å². The summed E-state index contributed by atoms with van der Waals surface area (Å²) in [6.45, 7) is 5.20. The van der Waals surface area contributed by atoms with Gasteiger partial charge in [0.1, 0.15) is 5.82 Å². The molecule has 78 valence electrons. The summed E-state index contributed by atoms with van der Waals surface area (Å²) in [7, 11) is 0. The number of aryl methyl sites for hydroxylation is 1. The van der Waals surface area contributed by atoms with Crippen LogP contribution in [0.2, 0.25) is 0 Å². The van der Waals surface area contributed by atoms with Crippen molar-refractivity contribution >= 4 is 5.82 Å². The van der Waals surface area contributed by atoms with Gasteiger partial charge in [-0.25, -0.2) is 4.68 Å². The van der Waals surface area contributed by atoms with Gasteiger partial charge in [0.2, 0.25) is 0 Å². The summed E-state index contributed by atoms with van der Waals surface area (Å²) in [4.78, 5) is 0. The van der Waals surface area contributed by atoms with Crippen molar-refractivity contribution in [2.45, 2.75) is 51.6 Å². The maximum atomic E-state index is 4.02. The van der Waals surface area contributed by atoms with Crippen molar-refractivity contribution in [1.29, 1.82) is 0 Å². The topological polar surface area (TPSA) is 42.7 Å². The van der Waals surface area contributed by atoms with Gasteiger partial charge >= 0.3 is 0 Å². The average molecular weight is 194 g/mol. The minimum absolute atomic E-state index is 0.328. The lowest BCUT2D eigenvalue weighted by atomic mass is 9.75. The molecule has 0 aliphatic heterocycles. The molecule has 1 saturated carbocycles.